The minimum absolute atomic E-state index is 0.0125. The van der Waals surface area contributed by atoms with E-state index in [0.29, 0.717) is 11.1 Å². The number of rotatable bonds is 4. The van der Waals surface area contributed by atoms with Crippen molar-refractivity contribution >= 4 is 106 Å². The topological polar surface area (TPSA) is 83.5 Å². The molecule has 0 N–H and O–H groups in total. The molecule has 1 aliphatic rings. The maximum absolute atomic E-state index is 12.8. The van der Waals surface area contributed by atoms with Crippen molar-refractivity contribution in [3.05, 3.63) is 49.7 Å². The maximum atomic E-state index is 12.8. The van der Waals surface area contributed by atoms with Gasteiger partial charge in [0.2, 0.25) is 0 Å². The fourth-order valence-electron chi connectivity index (χ4n) is 3.43. The van der Waals surface area contributed by atoms with Crippen molar-refractivity contribution in [1.29, 1.82) is 0 Å². The minimum atomic E-state index is -4.60. The first-order valence-electron chi connectivity index (χ1n) is 8.74. The van der Waals surface area contributed by atoms with Crippen LogP contribution in [-0.4, -0.2) is 18.9 Å². The van der Waals surface area contributed by atoms with Crippen LogP contribution in [0.3, 0.4) is 0 Å². The number of benzene rings is 2. The lowest BCUT2D eigenvalue weighted by Gasteiger charge is -2.25. The van der Waals surface area contributed by atoms with Crippen molar-refractivity contribution in [3.8, 4) is 5.75 Å². The van der Waals surface area contributed by atoms with E-state index in [1.54, 1.807) is 12.1 Å². The smallest absolute Gasteiger partial charge is 0.344 e. The number of esters is 1. The van der Waals surface area contributed by atoms with E-state index in [2.05, 4.69) is 90.4 Å². The monoisotopic (exact) mass is 863 g/mol. The highest BCUT2D eigenvalue weighted by Gasteiger charge is 2.23. The first-order valence-corrected chi connectivity index (χ1v) is 14.5. The van der Waals surface area contributed by atoms with Gasteiger partial charge in [-0.2, -0.15) is 0 Å². The second kappa shape index (κ2) is 10.1. The summed E-state index contributed by atoms with van der Waals surface area (Å²) in [7, 11) is -4.60. The van der Waals surface area contributed by atoms with E-state index in [0.717, 1.165) is 46.4 Å². The zero-order valence-electron chi connectivity index (χ0n) is 14.9. The second-order valence-corrected chi connectivity index (χ2v) is 12.5. The number of carbonyl (C=O) groups excluding carboxylic acids is 1. The Kier molecular flexibility index (Phi) is 8.51. The molecule has 2 aromatic carbocycles. The van der Waals surface area contributed by atoms with E-state index in [1.807, 2.05) is 0 Å². The van der Waals surface area contributed by atoms with Gasteiger partial charge in [-0.25, -0.2) is 13.2 Å². The Morgan fingerprint density at radius 2 is 1.62 bits per heavy atom. The quantitative estimate of drug-likeness (QED) is 0.0905. The molecule has 0 radical (unpaired) electrons. The van der Waals surface area contributed by atoms with Gasteiger partial charge in [-0.3, -0.25) is 0 Å². The zero-order chi connectivity index (χ0) is 21.3. The molecule has 10 heteroatoms. The van der Waals surface area contributed by atoms with Crippen molar-refractivity contribution in [2.24, 2.45) is 0 Å². The molecule has 2 aromatic rings. The van der Waals surface area contributed by atoms with Crippen LogP contribution in [0, 0.1) is 14.3 Å². The Balaban J connectivity index is 1.97. The largest absolute Gasteiger partial charge is 0.744 e. The van der Waals surface area contributed by atoms with Crippen molar-refractivity contribution in [2.45, 2.75) is 42.9 Å². The molecule has 5 nitrogen and oxygen atoms in total. The predicted molar refractivity (Wildman–Crippen MR) is 142 cm³/mol. The highest BCUT2D eigenvalue weighted by molar-refractivity contribution is 14.1. The summed E-state index contributed by atoms with van der Waals surface area (Å²) in [5.41, 5.74) is 0.922. The number of ether oxygens (including phenoxy) is 1. The summed E-state index contributed by atoms with van der Waals surface area (Å²) in [5, 5.41) is 0. The normalized spacial score (nSPS) is 15.3. The number of hydrogen-bond donors (Lipinski definition) is 0. The first kappa shape index (κ1) is 24.4. The summed E-state index contributed by atoms with van der Waals surface area (Å²) < 4.78 is 44.6. The first-order chi connectivity index (χ1) is 13.6. The molecule has 0 unspecified atom stereocenters. The lowest BCUT2D eigenvalue weighted by Crippen LogP contribution is -2.14. The van der Waals surface area contributed by atoms with Crippen LogP contribution >= 0.6 is 90.4 Å². The van der Waals surface area contributed by atoms with Crippen LogP contribution in [0.15, 0.2) is 29.2 Å². The standard InChI is InChI=1S/C19H16I4O5S/c20-14-9-13(16(21)18(23)17(14)22)19(24)28-11-6-7-15(29(25,26)27)12(8-11)10-4-2-1-3-5-10/h6-10H,1-5H2,(H,25,26,27)/p-1. The van der Waals surface area contributed by atoms with Crippen molar-refractivity contribution in [2.75, 3.05) is 0 Å². The molecule has 0 spiro atoms. The van der Waals surface area contributed by atoms with Gasteiger partial charge in [0.1, 0.15) is 15.9 Å². The van der Waals surface area contributed by atoms with Crippen LogP contribution in [0.1, 0.15) is 53.9 Å². The fraction of sp³-hybridized carbons (Fsp3) is 0.316. The van der Waals surface area contributed by atoms with Crippen LogP contribution in [-0.2, 0) is 10.1 Å². The van der Waals surface area contributed by atoms with E-state index >= 15 is 0 Å². The van der Waals surface area contributed by atoms with E-state index in [9.17, 15) is 17.8 Å². The molecule has 0 saturated heterocycles. The average Bonchev–Trinajstić information content (AvgIpc) is 2.68. The summed E-state index contributed by atoms with van der Waals surface area (Å²) in [6, 6.07) is 5.98. The SMILES string of the molecule is O=C(Oc1ccc(S(=O)(=O)[O-])c(C2CCCCC2)c1)c1cc(I)c(I)c(I)c1I. The zero-order valence-corrected chi connectivity index (χ0v) is 24.3. The molecule has 0 atom stereocenters. The summed E-state index contributed by atoms with van der Waals surface area (Å²) in [6.07, 6.45) is 4.74. The Labute approximate surface area is 224 Å². The second-order valence-electron chi connectivity index (χ2n) is 6.73. The maximum Gasteiger partial charge on any atom is 0.344 e. The summed E-state index contributed by atoms with van der Waals surface area (Å²) in [4.78, 5) is 12.6. The van der Waals surface area contributed by atoms with Gasteiger partial charge in [0.25, 0.3) is 0 Å². The number of hydrogen-bond acceptors (Lipinski definition) is 5. The number of halogens is 4. The molecule has 0 bridgehead atoms. The Bertz CT molecular complexity index is 1060. The average molecular weight is 863 g/mol. The molecule has 0 aliphatic heterocycles. The Hall–Kier alpha value is 0.740. The highest BCUT2D eigenvalue weighted by atomic mass is 127. The Morgan fingerprint density at radius 3 is 2.24 bits per heavy atom. The van der Waals surface area contributed by atoms with Crippen LogP contribution in [0.4, 0.5) is 0 Å². The van der Waals surface area contributed by atoms with E-state index in [1.165, 1.54) is 12.1 Å². The van der Waals surface area contributed by atoms with Gasteiger partial charge in [-0.15, -0.1) is 0 Å². The molecule has 156 valence electrons. The van der Waals surface area contributed by atoms with Gasteiger partial charge in [0.15, 0.2) is 0 Å². The van der Waals surface area contributed by atoms with Gasteiger partial charge < -0.3 is 9.29 Å². The fourth-order valence-corrected chi connectivity index (χ4v) is 7.45. The van der Waals surface area contributed by atoms with Crippen LogP contribution in [0.25, 0.3) is 0 Å². The lowest BCUT2D eigenvalue weighted by atomic mass is 9.84. The molecule has 0 heterocycles. The lowest BCUT2D eigenvalue weighted by molar-refractivity contribution is 0.0733. The van der Waals surface area contributed by atoms with Crippen LogP contribution in [0.2, 0.25) is 0 Å². The molecule has 1 aliphatic carbocycles. The highest BCUT2D eigenvalue weighted by Crippen LogP contribution is 2.38. The van der Waals surface area contributed by atoms with Gasteiger partial charge in [0, 0.05) is 14.3 Å². The van der Waals surface area contributed by atoms with Gasteiger partial charge in [-0.1, -0.05) is 19.3 Å². The molecule has 3 rings (SSSR count). The molecule has 0 amide bonds. The molecule has 0 aromatic heterocycles. The third-order valence-corrected chi connectivity index (χ3v) is 13.0. The van der Waals surface area contributed by atoms with Crippen molar-refractivity contribution < 1.29 is 22.5 Å². The molecular formula is C19H15I4O5S-. The molecular weight excluding hydrogens is 848 g/mol. The van der Waals surface area contributed by atoms with Gasteiger partial charge >= 0.3 is 5.97 Å². The van der Waals surface area contributed by atoms with E-state index in [-0.39, 0.29) is 16.6 Å². The van der Waals surface area contributed by atoms with Gasteiger partial charge in [-0.05, 0) is 139 Å². The van der Waals surface area contributed by atoms with Crippen LogP contribution < -0.4 is 4.74 Å². The van der Waals surface area contributed by atoms with Gasteiger partial charge in [0.05, 0.1) is 10.5 Å². The third-order valence-electron chi connectivity index (χ3n) is 4.83. The Morgan fingerprint density at radius 1 is 0.966 bits per heavy atom. The minimum Gasteiger partial charge on any atom is -0.744 e. The molecule has 1 saturated carbocycles. The van der Waals surface area contributed by atoms with E-state index < -0.39 is 16.1 Å². The predicted octanol–water partition coefficient (Wildman–Crippen LogP) is 6.28. The summed E-state index contributed by atoms with van der Waals surface area (Å²) in [5.74, 6) is -0.266. The summed E-state index contributed by atoms with van der Waals surface area (Å²) >= 11 is 8.75. The van der Waals surface area contributed by atoms with E-state index in [4.69, 9.17) is 4.74 Å². The molecule has 29 heavy (non-hydrogen) atoms. The molecule has 1 fully saturated rings. The van der Waals surface area contributed by atoms with Crippen LogP contribution in [0.5, 0.6) is 5.75 Å². The van der Waals surface area contributed by atoms with Crippen molar-refractivity contribution in [1.82, 2.24) is 0 Å². The number of carbonyl (C=O) groups is 1. The summed E-state index contributed by atoms with van der Waals surface area (Å²) in [6.45, 7) is 0. The van der Waals surface area contributed by atoms with Crippen molar-refractivity contribution in [3.63, 3.8) is 0 Å². The third kappa shape index (κ3) is 5.76.